The second-order valence-corrected chi connectivity index (χ2v) is 6.33. The first-order chi connectivity index (χ1) is 13.4. The number of aromatic nitrogens is 1. The van der Waals surface area contributed by atoms with Gasteiger partial charge in [0.25, 0.3) is 0 Å². The first-order valence-corrected chi connectivity index (χ1v) is 8.68. The van der Waals surface area contributed by atoms with Crippen LogP contribution in [-0.2, 0) is 20.7 Å². The number of nitrogens with one attached hydrogen (secondary N) is 2. The van der Waals surface area contributed by atoms with Crippen molar-refractivity contribution in [2.24, 2.45) is 0 Å². The standard InChI is InChI=1S/C10H8ClNO2.C10H9NO3/c1-14-10(13)6-3-2-4-8-7(6)5-9(11)12-8;1-14-10(13)6-3-2-4-8-7(6)5-9(12)11-8/h2-5,12H,1H3;2-4H,5H2,1H3,(H,11,12). The van der Waals surface area contributed by atoms with Crippen molar-refractivity contribution in [3.63, 3.8) is 0 Å². The molecule has 0 bridgehead atoms. The number of methoxy groups -OCH3 is 2. The summed E-state index contributed by atoms with van der Waals surface area (Å²) in [5.41, 5.74) is 3.25. The SMILES string of the molecule is COC(=O)c1cccc2[nH]c(Cl)cc12.COC(=O)c1cccc2c1CC(=O)N2. The molecule has 0 atom stereocenters. The molecule has 0 unspecified atom stereocenters. The maximum atomic E-state index is 11.4. The van der Waals surface area contributed by atoms with Crippen molar-refractivity contribution in [2.45, 2.75) is 6.42 Å². The van der Waals surface area contributed by atoms with Crippen molar-refractivity contribution in [1.29, 1.82) is 0 Å². The summed E-state index contributed by atoms with van der Waals surface area (Å²) < 4.78 is 9.28. The Kier molecular flexibility index (Phi) is 5.65. The number of aromatic amines is 1. The van der Waals surface area contributed by atoms with Gasteiger partial charge in [-0.05, 0) is 35.9 Å². The molecule has 0 radical (unpaired) electrons. The van der Waals surface area contributed by atoms with Gasteiger partial charge >= 0.3 is 11.9 Å². The molecule has 0 saturated heterocycles. The van der Waals surface area contributed by atoms with Gasteiger partial charge in [0.2, 0.25) is 5.91 Å². The summed E-state index contributed by atoms with van der Waals surface area (Å²) in [6, 6.07) is 12.2. The zero-order chi connectivity index (χ0) is 20.3. The summed E-state index contributed by atoms with van der Waals surface area (Å²) in [5, 5.41) is 3.96. The van der Waals surface area contributed by atoms with Crippen LogP contribution in [0.25, 0.3) is 10.9 Å². The predicted octanol–water partition coefficient (Wildman–Crippen LogP) is 3.58. The monoisotopic (exact) mass is 400 g/mol. The smallest absolute Gasteiger partial charge is 0.338 e. The Morgan fingerprint density at radius 1 is 1.00 bits per heavy atom. The molecular weight excluding hydrogens is 384 g/mol. The van der Waals surface area contributed by atoms with E-state index in [1.165, 1.54) is 14.2 Å². The highest BCUT2D eigenvalue weighted by Crippen LogP contribution is 2.26. The minimum atomic E-state index is -0.404. The van der Waals surface area contributed by atoms with Crippen LogP contribution in [0, 0.1) is 0 Å². The van der Waals surface area contributed by atoms with Crippen LogP contribution in [-0.4, -0.2) is 37.0 Å². The Morgan fingerprint density at radius 3 is 2.36 bits per heavy atom. The lowest BCUT2D eigenvalue weighted by atomic mass is 10.1. The molecule has 0 spiro atoms. The molecule has 2 aromatic carbocycles. The van der Waals surface area contributed by atoms with Crippen LogP contribution in [0.5, 0.6) is 0 Å². The molecule has 1 aliphatic rings. The fraction of sp³-hybridized carbons (Fsp3) is 0.150. The average molecular weight is 401 g/mol. The minimum Gasteiger partial charge on any atom is -0.465 e. The molecule has 2 N–H and O–H groups in total. The van der Waals surface area contributed by atoms with Crippen LogP contribution in [0.1, 0.15) is 26.3 Å². The van der Waals surface area contributed by atoms with E-state index in [1.54, 1.807) is 36.4 Å². The maximum Gasteiger partial charge on any atom is 0.338 e. The zero-order valence-electron chi connectivity index (χ0n) is 15.2. The molecule has 3 aromatic rings. The third-order valence-corrected chi connectivity index (χ3v) is 4.43. The third kappa shape index (κ3) is 3.84. The third-order valence-electron chi connectivity index (χ3n) is 4.23. The van der Waals surface area contributed by atoms with Gasteiger partial charge in [-0.1, -0.05) is 23.7 Å². The van der Waals surface area contributed by atoms with Crippen LogP contribution in [0.15, 0.2) is 42.5 Å². The van der Waals surface area contributed by atoms with Crippen molar-refractivity contribution in [3.8, 4) is 0 Å². The number of benzene rings is 2. The number of anilines is 1. The highest BCUT2D eigenvalue weighted by atomic mass is 35.5. The van der Waals surface area contributed by atoms with Crippen molar-refractivity contribution in [3.05, 3.63) is 64.3 Å². The molecule has 2 heterocycles. The highest BCUT2D eigenvalue weighted by Gasteiger charge is 2.23. The Bertz CT molecular complexity index is 1070. The topological polar surface area (TPSA) is 97.5 Å². The number of rotatable bonds is 2. The van der Waals surface area contributed by atoms with Crippen molar-refractivity contribution in [2.75, 3.05) is 19.5 Å². The molecule has 8 heteroatoms. The first-order valence-electron chi connectivity index (χ1n) is 8.30. The molecule has 0 saturated carbocycles. The lowest BCUT2D eigenvalue weighted by Crippen LogP contribution is -2.05. The van der Waals surface area contributed by atoms with Crippen LogP contribution in [0.3, 0.4) is 0 Å². The summed E-state index contributed by atoms with van der Waals surface area (Å²) in [5.74, 6) is -0.846. The number of amides is 1. The first kappa shape index (κ1) is 19.4. The van der Waals surface area contributed by atoms with Gasteiger partial charge in [-0.25, -0.2) is 9.59 Å². The number of esters is 2. The van der Waals surface area contributed by atoms with E-state index >= 15 is 0 Å². The van der Waals surface area contributed by atoms with E-state index in [4.69, 9.17) is 11.6 Å². The lowest BCUT2D eigenvalue weighted by molar-refractivity contribution is -0.115. The normalized spacial score (nSPS) is 11.9. The largest absolute Gasteiger partial charge is 0.465 e. The predicted molar refractivity (Wildman–Crippen MR) is 105 cm³/mol. The van der Waals surface area contributed by atoms with E-state index in [-0.39, 0.29) is 18.3 Å². The highest BCUT2D eigenvalue weighted by molar-refractivity contribution is 6.31. The average Bonchev–Trinajstić information content (AvgIpc) is 3.27. The number of hydrogen-bond acceptors (Lipinski definition) is 5. The molecule has 7 nitrogen and oxygen atoms in total. The van der Waals surface area contributed by atoms with Crippen molar-refractivity contribution >= 4 is 46.0 Å². The van der Waals surface area contributed by atoms with Crippen LogP contribution in [0.4, 0.5) is 5.69 Å². The fourth-order valence-corrected chi connectivity index (χ4v) is 3.17. The fourth-order valence-electron chi connectivity index (χ4n) is 2.96. The van der Waals surface area contributed by atoms with Crippen LogP contribution in [0.2, 0.25) is 5.15 Å². The van der Waals surface area contributed by atoms with E-state index in [9.17, 15) is 14.4 Å². The van der Waals surface area contributed by atoms with Gasteiger partial charge in [-0.15, -0.1) is 0 Å². The van der Waals surface area contributed by atoms with Gasteiger partial charge in [-0.2, -0.15) is 0 Å². The number of halogens is 1. The molecule has 1 amide bonds. The molecular formula is C20H17ClN2O5. The Morgan fingerprint density at radius 2 is 1.64 bits per heavy atom. The van der Waals surface area contributed by atoms with E-state index in [0.29, 0.717) is 22.0 Å². The molecule has 1 aromatic heterocycles. The van der Waals surface area contributed by atoms with Gasteiger partial charge in [0.05, 0.1) is 31.8 Å². The molecule has 28 heavy (non-hydrogen) atoms. The number of carbonyl (C=O) groups is 3. The Hall–Kier alpha value is -3.32. The maximum absolute atomic E-state index is 11.4. The minimum absolute atomic E-state index is 0.0867. The molecule has 1 aliphatic heterocycles. The number of carbonyl (C=O) groups excluding carboxylic acids is 3. The van der Waals surface area contributed by atoms with E-state index in [0.717, 1.165) is 16.5 Å². The quantitative estimate of drug-likeness (QED) is 0.641. The van der Waals surface area contributed by atoms with Crippen LogP contribution < -0.4 is 5.32 Å². The summed E-state index contributed by atoms with van der Waals surface area (Å²) in [6.45, 7) is 0. The Balaban J connectivity index is 0.000000161. The van der Waals surface area contributed by atoms with E-state index < -0.39 is 5.97 Å². The van der Waals surface area contributed by atoms with E-state index in [1.807, 2.05) is 6.07 Å². The summed E-state index contributed by atoms with van der Waals surface area (Å²) in [4.78, 5) is 36.7. The summed E-state index contributed by atoms with van der Waals surface area (Å²) >= 11 is 5.80. The molecule has 0 aliphatic carbocycles. The van der Waals surface area contributed by atoms with Crippen molar-refractivity contribution in [1.82, 2.24) is 4.98 Å². The zero-order valence-corrected chi connectivity index (χ0v) is 15.9. The van der Waals surface area contributed by atoms with Gasteiger partial charge in [0.1, 0.15) is 5.15 Å². The van der Waals surface area contributed by atoms with Gasteiger partial charge < -0.3 is 19.8 Å². The van der Waals surface area contributed by atoms with Gasteiger partial charge in [0, 0.05) is 16.6 Å². The number of fused-ring (bicyclic) bond motifs is 2. The number of ether oxygens (including phenoxy) is 2. The molecule has 0 fully saturated rings. The second-order valence-electron chi connectivity index (χ2n) is 5.92. The van der Waals surface area contributed by atoms with Gasteiger partial charge in [-0.3, -0.25) is 4.79 Å². The van der Waals surface area contributed by atoms with E-state index in [2.05, 4.69) is 19.8 Å². The molecule has 144 valence electrons. The number of hydrogen-bond donors (Lipinski definition) is 2. The lowest BCUT2D eigenvalue weighted by Gasteiger charge is -2.03. The molecule has 4 rings (SSSR count). The summed E-state index contributed by atoms with van der Waals surface area (Å²) in [6.07, 6.45) is 0.251. The second kappa shape index (κ2) is 8.14. The van der Waals surface area contributed by atoms with Gasteiger partial charge in [0.15, 0.2) is 0 Å². The summed E-state index contributed by atoms with van der Waals surface area (Å²) in [7, 11) is 2.68. The van der Waals surface area contributed by atoms with Crippen LogP contribution >= 0.6 is 11.6 Å². The number of H-pyrrole nitrogens is 1. The van der Waals surface area contributed by atoms with Crippen molar-refractivity contribution < 1.29 is 23.9 Å². The Labute approximate surface area is 165 Å².